The number of alkyl halides is 1. The standard InChI is InChI=1S/C21H16FNO3S/c1-12-8-9-14(16(10-12)26-2)15-11-27-19-17(15)18(24)21(22,20(25)23-19)13-6-4-3-5-7-13/h3-11H,1-2H3,(H,23,25). The van der Waals surface area contributed by atoms with Gasteiger partial charge in [-0.25, -0.2) is 4.39 Å². The lowest BCUT2D eigenvalue weighted by molar-refractivity contribution is -0.125. The molecule has 1 amide bonds. The number of halogens is 1. The number of hydrogen-bond donors (Lipinski definition) is 1. The third-order valence-electron chi connectivity index (χ3n) is 4.69. The number of hydrogen-bond acceptors (Lipinski definition) is 4. The second-order valence-electron chi connectivity index (χ2n) is 6.36. The highest BCUT2D eigenvalue weighted by Crippen LogP contribution is 2.47. The molecule has 0 aliphatic carbocycles. The molecule has 2 aromatic carbocycles. The molecule has 4 nitrogen and oxygen atoms in total. The maximum absolute atomic E-state index is 15.8. The molecule has 1 aliphatic rings. The molecular weight excluding hydrogens is 365 g/mol. The van der Waals surface area contributed by atoms with Gasteiger partial charge in [-0.2, -0.15) is 0 Å². The number of Topliss-reactive ketones (excluding diaryl/α,β-unsaturated/α-hetero) is 1. The molecule has 27 heavy (non-hydrogen) atoms. The van der Waals surface area contributed by atoms with Gasteiger partial charge in [0.15, 0.2) is 0 Å². The van der Waals surface area contributed by atoms with Crippen molar-refractivity contribution in [1.82, 2.24) is 0 Å². The van der Waals surface area contributed by atoms with Crippen LogP contribution in [-0.4, -0.2) is 18.8 Å². The number of aryl methyl sites for hydroxylation is 1. The highest BCUT2D eigenvalue weighted by Gasteiger charge is 2.53. The van der Waals surface area contributed by atoms with Crippen molar-refractivity contribution in [1.29, 1.82) is 0 Å². The highest BCUT2D eigenvalue weighted by atomic mass is 32.1. The van der Waals surface area contributed by atoms with E-state index in [1.807, 2.05) is 25.1 Å². The molecule has 0 radical (unpaired) electrons. The Labute approximate surface area is 159 Å². The van der Waals surface area contributed by atoms with E-state index >= 15 is 4.39 Å². The van der Waals surface area contributed by atoms with Gasteiger partial charge >= 0.3 is 0 Å². The molecular formula is C21H16FNO3S. The molecule has 1 atom stereocenters. The topological polar surface area (TPSA) is 55.4 Å². The number of anilines is 1. The first-order valence-electron chi connectivity index (χ1n) is 8.34. The van der Waals surface area contributed by atoms with Crippen molar-refractivity contribution in [3.8, 4) is 16.9 Å². The zero-order chi connectivity index (χ0) is 19.2. The van der Waals surface area contributed by atoms with Crippen molar-refractivity contribution in [3.05, 3.63) is 70.6 Å². The molecule has 4 rings (SSSR count). The normalized spacial score (nSPS) is 18.8. The van der Waals surface area contributed by atoms with Gasteiger partial charge in [0.25, 0.3) is 11.6 Å². The summed E-state index contributed by atoms with van der Waals surface area (Å²) in [5.74, 6) is -1.23. The number of carbonyl (C=O) groups excluding carboxylic acids is 2. The molecule has 1 aromatic heterocycles. The molecule has 0 saturated heterocycles. The molecule has 1 unspecified atom stereocenters. The number of ether oxygens (including phenoxy) is 1. The third kappa shape index (κ3) is 2.56. The minimum Gasteiger partial charge on any atom is -0.496 e. The number of ketones is 1. The van der Waals surface area contributed by atoms with E-state index in [4.69, 9.17) is 4.74 Å². The quantitative estimate of drug-likeness (QED) is 0.667. The van der Waals surface area contributed by atoms with Gasteiger partial charge in [0.05, 0.1) is 12.7 Å². The maximum Gasteiger partial charge on any atom is 0.275 e. The Morgan fingerprint density at radius 2 is 1.81 bits per heavy atom. The van der Waals surface area contributed by atoms with Crippen molar-refractivity contribution in [2.45, 2.75) is 12.6 Å². The summed E-state index contributed by atoms with van der Waals surface area (Å²) in [5, 5.41) is 4.66. The van der Waals surface area contributed by atoms with E-state index in [9.17, 15) is 9.59 Å². The summed E-state index contributed by atoms with van der Waals surface area (Å²) >= 11 is 1.20. The van der Waals surface area contributed by atoms with Crippen molar-refractivity contribution in [2.75, 3.05) is 12.4 Å². The lowest BCUT2D eigenvalue weighted by Gasteiger charge is -2.28. The van der Waals surface area contributed by atoms with Crippen molar-refractivity contribution in [2.24, 2.45) is 0 Å². The smallest absolute Gasteiger partial charge is 0.275 e. The second-order valence-corrected chi connectivity index (χ2v) is 7.24. The first-order valence-corrected chi connectivity index (χ1v) is 9.22. The minimum atomic E-state index is -2.76. The summed E-state index contributed by atoms with van der Waals surface area (Å²) < 4.78 is 21.2. The van der Waals surface area contributed by atoms with Crippen LogP contribution in [0.2, 0.25) is 0 Å². The van der Waals surface area contributed by atoms with Crippen LogP contribution in [0, 0.1) is 6.92 Å². The molecule has 136 valence electrons. The zero-order valence-electron chi connectivity index (χ0n) is 14.7. The van der Waals surface area contributed by atoms with E-state index in [1.165, 1.54) is 23.5 Å². The fourth-order valence-corrected chi connectivity index (χ4v) is 4.24. The molecule has 0 spiro atoms. The highest BCUT2D eigenvalue weighted by molar-refractivity contribution is 7.15. The molecule has 0 fully saturated rings. The molecule has 1 aliphatic heterocycles. The maximum atomic E-state index is 15.8. The lowest BCUT2D eigenvalue weighted by atomic mass is 9.83. The number of fused-ring (bicyclic) bond motifs is 1. The van der Waals surface area contributed by atoms with Crippen LogP contribution in [0.25, 0.3) is 11.1 Å². The molecule has 0 bridgehead atoms. The number of rotatable bonds is 3. The van der Waals surface area contributed by atoms with E-state index in [2.05, 4.69) is 5.32 Å². The third-order valence-corrected chi connectivity index (χ3v) is 5.59. The summed E-state index contributed by atoms with van der Waals surface area (Å²) in [6, 6.07) is 13.4. The Bertz CT molecular complexity index is 1060. The Morgan fingerprint density at radius 1 is 1.07 bits per heavy atom. The van der Waals surface area contributed by atoms with Crippen molar-refractivity contribution < 1.29 is 18.7 Å². The summed E-state index contributed by atoms with van der Waals surface area (Å²) in [6.45, 7) is 1.93. The predicted molar refractivity (Wildman–Crippen MR) is 103 cm³/mol. The van der Waals surface area contributed by atoms with Gasteiger partial charge in [-0.15, -0.1) is 11.3 Å². The van der Waals surface area contributed by atoms with Gasteiger partial charge < -0.3 is 10.1 Å². The van der Waals surface area contributed by atoms with Gasteiger partial charge in [-0.1, -0.05) is 42.5 Å². The summed E-state index contributed by atoms with van der Waals surface area (Å²) in [4.78, 5) is 25.7. The summed E-state index contributed by atoms with van der Waals surface area (Å²) in [6.07, 6.45) is 0. The van der Waals surface area contributed by atoms with Gasteiger partial charge in [-0.05, 0) is 18.6 Å². The van der Waals surface area contributed by atoms with Gasteiger partial charge in [0.2, 0.25) is 5.78 Å². The first kappa shape index (κ1) is 17.4. The van der Waals surface area contributed by atoms with Gasteiger partial charge in [0, 0.05) is 22.1 Å². The average molecular weight is 381 g/mol. The molecule has 3 aromatic rings. The van der Waals surface area contributed by atoms with E-state index in [0.717, 1.165) is 5.56 Å². The first-order chi connectivity index (χ1) is 13.0. The van der Waals surface area contributed by atoms with E-state index in [0.29, 0.717) is 21.9 Å². The number of amides is 1. The largest absolute Gasteiger partial charge is 0.496 e. The SMILES string of the molecule is COc1cc(C)ccc1-c1csc2c1C(=O)C(F)(c1ccccc1)C(=O)N2. The van der Waals surface area contributed by atoms with Crippen LogP contribution >= 0.6 is 11.3 Å². The average Bonchev–Trinajstić information content (AvgIpc) is 3.10. The van der Waals surface area contributed by atoms with Crippen LogP contribution in [0.15, 0.2) is 53.9 Å². The van der Waals surface area contributed by atoms with Crippen LogP contribution in [0.3, 0.4) is 0 Å². The van der Waals surface area contributed by atoms with E-state index < -0.39 is 17.4 Å². The minimum absolute atomic E-state index is 0.0196. The predicted octanol–water partition coefficient (Wildman–Crippen LogP) is 4.73. The zero-order valence-corrected chi connectivity index (χ0v) is 15.5. The van der Waals surface area contributed by atoms with E-state index in [-0.39, 0.29) is 11.1 Å². The number of nitrogens with one attached hydrogen (secondary N) is 1. The van der Waals surface area contributed by atoms with Crippen LogP contribution in [-0.2, 0) is 10.5 Å². The van der Waals surface area contributed by atoms with Crippen LogP contribution in [0.4, 0.5) is 9.39 Å². The Balaban J connectivity index is 1.91. The number of thiophene rings is 1. The number of benzene rings is 2. The number of carbonyl (C=O) groups is 2. The van der Waals surface area contributed by atoms with Gasteiger partial charge in [0.1, 0.15) is 10.8 Å². The Kier molecular flexibility index (Phi) is 4.08. The summed E-state index contributed by atoms with van der Waals surface area (Å²) in [5.41, 5.74) is -0.333. The lowest BCUT2D eigenvalue weighted by Crippen LogP contribution is -2.47. The fraction of sp³-hybridized carbons (Fsp3) is 0.143. The van der Waals surface area contributed by atoms with E-state index in [1.54, 1.807) is 30.7 Å². The van der Waals surface area contributed by atoms with Crippen LogP contribution in [0.1, 0.15) is 21.5 Å². The molecule has 2 heterocycles. The molecule has 6 heteroatoms. The van der Waals surface area contributed by atoms with Crippen molar-refractivity contribution >= 4 is 28.0 Å². The summed E-state index contributed by atoms with van der Waals surface area (Å²) in [7, 11) is 1.55. The molecule has 1 N–H and O–H groups in total. The Hall–Kier alpha value is -2.99. The van der Waals surface area contributed by atoms with Crippen molar-refractivity contribution in [3.63, 3.8) is 0 Å². The fourth-order valence-electron chi connectivity index (χ4n) is 3.29. The molecule has 0 saturated carbocycles. The van der Waals surface area contributed by atoms with Gasteiger partial charge in [-0.3, -0.25) is 9.59 Å². The Morgan fingerprint density at radius 3 is 2.52 bits per heavy atom. The number of methoxy groups -OCH3 is 1. The second kappa shape index (κ2) is 6.32. The monoisotopic (exact) mass is 381 g/mol. The van der Waals surface area contributed by atoms with Crippen LogP contribution < -0.4 is 10.1 Å². The van der Waals surface area contributed by atoms with Crippen LogP contribution in [0.5, 0.6) is 5.75 Å².